The van der Waals surface area contributed by atoms with Gasteiger partial charge in [-0.05, 0) is 37.1 Å². The highest BCUT2D eigenvalue weighted by atomic mass is 16.7. The van der Waals surface area contributed by atoms with Crippen LogP contribution in [0.2, 0.25) is 0 Å². The van der Waals surface area contributed by atoms with E-state index in [9.17, 15) is 4.79 Å². The summed E-state index contributed by atoms with van der Waals surface area (Å²) in [4.78, 5) is 17.3. The van der Waals surface area contributed by atoms with Crippen LogP contribution in [-0.2, 0) is 17.9 Å². The number of aryl methyl sites for hydroxylation is 1. The van der Waals surface area contributed by atoms with Crippen LogP contribution in [0.5, 0.6) is 11.5 Å². The van der Waals surface area contributed by atoms with Gasteiger partial charge in [-0.15, -0.1) is 0 Å². The SMILES string of the molecule is Cc1ccc(CNC(=O)[C@H](C)N2CCN(Cc3ccc4c(c3)OCO4)CC2)cc1. The van der Waals surface area contributed by atoms with Crippen LogP contribution in [0.3, 0.4) is 0 Å². The first-order valence-corrected chi connectivity index (χ1v) is 10.3. The maximum absolute atomic E-state index is 12.6. The van der Waals surface area contributed by atoms with Crippen molar-refractivity contribution in [2.24, 2.45) is 0 Å². The van der Waals surface area contributed by atoms with Crippen molar-refractivity contribution < 1.29 is 14.3 Å². The lowest BCUT2D eigenvalue weighted by atomic mass is 10.1. The molecule has 0 spiro atoms. The zero-order valence-electron chi connectivity index (χ0n) is 17.2. The Labute approximate surface area is 172 Å². The summed E-state index contributed by atoms with van der Waals surface area (Å²) in [7, 11) is 0. The smallest absolute Gasteiger partial charge is 0.237 e. The third-order valence-electron chi connectivity index (χ3n) is 5.76. The van der Waals surface area contributed by atoms with Crippen LogP contribution in [0, 0.1) is 6.92 Å². The molecule has 0 aliphatic carbocycles. The van der Waals surface area contributed by atoms with Crippen molar-refractivity contribution in [3.8, 4) is 11.5 Å². The molecule has 0 bridgehead atoms. The fourth-order valence-corrected chi connectivity index (χ4v) is 3.81. The molecule has 2 aliphatic rings. The minimum absolute atomic E-state index is 0.0924. The Bertz CT molecular complexity index is 845. The van der Waals surface area contributed by atoms with E-state index in [1.54, 1.807) is 0 Å². The van der Waals surface area contributed by atoms with Gasteiger partial charge in [-0.3, -0.25) is 14.6 Å². The van der Waals surface area contributed by atoms with Gasteiger partial charge in [-0.1, -0.05) is 35.9 Å². The Hall–Kier alpha value is -2.57. The van der Waals surface area contributed by atoms with E-state index in [0.29, 0.717) is 13.3 Å². The number of ether oxygens (including phenoxy) is 2. The zero-order chi connectivity index (χ0) is 20.2. The summed E-state index contributed by atoms with van der Waals surface area (Å²) in [5.74, 6) is 1.75. The number of benzene rings is 2. The van der Waals surface area contributed by atoms with Crippen LogP contribution in [0.15, 0.2) is 42.5 Å². The Kier molecular flexibility index (Phi) is 6.02. The molecule has 6 heteroatoms. The standard InChI is InChI=1S/C23H29N3O3/c1-17-3-5-19(6-4-17)14-24-23(27)18(2)26-11-9-25(10-12-26)15-20-7-8-21-22(13-20)29-16-28-21/h3-8,13,18H,9-12,14-16H2,1-2H3,(H,24,27)/t18-/m0/s1. The number of hydrogen-bond acceptors (Lipinski definition) is 5. The fourth-order valence-electron chi connectivity index (χ4n) is 3.81. The number of nitrogens with zero attached hydrogens (tertiary/aromatic N) is 2. The molecule has 154 valence electrons. The van der Waals surface area contributed by atoms with Gasteiger partial charge in [0.15, 0.2) is 11.5 Å². The summed E-state index contributed by atoms with van der Waals surface area (Å²) < 4.78 is 10.8. The molecule has 1 saturated heterocycles. The molecule has 0 radical (unpaired) electrons. The van der Waals surface area contributed by atoms with Crippen LogP contribution >= 0.6 is 0 Å². The molecular formula is C23H29N3O3. The van der Waals surface area contributed by atoms with Crippen LogP contribution in [0.25, 0.3) is 0 Å². The molecule has 6 nitrogen and oxygen atoms in total. The van der Waals surface area contributed by atoms with Gasteiger partial charge in [-0.25, -0.2) is 0 Å². The summed E-state index contributed by atoms with van der Waals surface area (Å²) in [6.07, 6.45) is 0. The van der Waals surface area contributed by atoms with Crippen molar-refractivity contribution in [3.05, 3.63) is 59.2 Å². The van der Waals surface area contributed by atoms with E-state index < -0.39 is 0 Å². The Morgan fingerprint density at radius 2 is 1.69 bits per heavy atom. The molecule has 4 rings (SSSR count). The van der Waals surface area contributed by atoms with Crippen LogP contribution in [0.1, 0.15) is 23.6 Å². The van der Waals surface area contributed by atoms with Gasteiger partial charge in [0, 0.05) is 39.3 Å². The fraction of sp³-hybridized carbons (Fsp3) is 0.435. The van der Waals surface area contributed by atoms with Crippen LogP contribution in [-0.4, -0.2) is 54.7 Å². The van der Waals surface area contributed by atoms with Crippen molar-refractivity contribution in [1.29, 1.82) is 0 Å². The van der Waals surface area contributed by atoms with Crippen molar-refractivity contribution in [3.63, 3.8) is 0 Å². The van der Waals surface area contributed by atoms with Crippen LogP contribution < -0.4 is 14.8 Å². The van der Waals surface area contributed by atoms with Crippen molar-refractivity contribution in [2.45, 2.75) is 33.0 Å². The van der Waals surface area contributed by atoms with Crippen molar-refractivity contribution in [1.82, 2.24) is 15.1 Å². The quantitative estimate of drug-likeness (QED) is 0.815. The van der Waals surface area contributed by atoms with Crippen molar-refractivity contribution in [2.75, 3.05) is 33.0 Å². The van der Waals surface area contributed by atoms with Gasteiger partial charge in [0.2, 0.25) is 12.7 Å². The monoisotopic (exact) mass is 395 g/mol. The number of piperazine rings is 1. The number of fused-ring (bicyclic) bond motifs is 1. The highest BCUT2D eigenvalue weighted by Gasteiger charge is 2.25. The van der Waals surface area contributed by atoms with Gasteiger partial charge in [0.1, 0.15) is 0 Å². The number of nitrogens with one attached hydrogen (secondary N) is 1. The van der Waals surface area contributed by atoms with Gasteiger partial charge in [-0.2, -0.15) is 0 Å². The predicted octanol–water partition coefficient (Wildman–Crippen LogP) is 2.55. The maximum atomic E-state index is 12.6. The van der Waals surface area contributed by atoms with Gasteiger partial charge < -0.3 is 14.8 Å². The zero-order valence-corrected chi connectivity index (χ0v) is 17.2. The summed E-state index contributed by atoms with van der Waals surface area (Å²) in [6.45, 7) is 9.52. The number of carbonyl (C=O) groups excluding carboxylic acids is 1. The summed E-state index contributed by atoms with van der Waals surface area (Å²) in [5, 5.41) is 3.07. The lowest BCUT2D eigenvalue weighted by molar-refractivity contribution is -0.126. The summed E-state index contributed by atoms with van der Waals surface area (Å²) in [6, 6.07) is 14.3. The number of amides is 1. The lowest BCUT2D eigenvalue weighted by Gasteiger charge is -2.37. The maximum Gasteiger partial charge on any atom is 0.237 e. The van der Waals surface area contributed by atoms with Crippen LogP contribution in [0.4, 0.5) is 0 Å². The largest absolute Gasteiger partial charge is 0.454 e. The van der Waals surface area contributed by atoms with E-state index in [2.05, 4.69) is 58.4 Å². The molecule has 0 aromatic heterocycles. The third kappa shape index (κ3) is 4.89. The summed E-state index contributed by atoms with van der Waals surface area (Å²) in [5.41, 5.74) is 3.59. The second-order valence-electron chi connectivity index (χ2n) is 7.88. The number of carbonyl (C=O) groups is 1. The van der Waals surface area contributed by atoms with Gasteiger partial charge in [0.25, 0.3) is 0 Å². The minimum atomic E-state index is -0.117. The van der Waals surface area contributed by atoms with E-state index in [4.69, 9.17) is 9.47 Å². The summed E-state index contributed by atoms with van der Waals surface area (Å²) >= 11 is 0. The van der Waals surface area contributed by atoms with Gasteiger partial charge in [0.05, 0.1) is 6.04 Å². The van der Waals surface area contributed by atoms with E-state index in [-0.39, 0.29) is 11.9 Å². The molecule has 0 saturated carbocycles. The lowest BCUT2D eigenvalue weighted by Crippen LogP contribution is -2.53. The molecule has 29 heavy (non-hydrogen) atoms. The molecular weight excluding hydrogens is 366 g/mol. The molecule has 0 unspecified atom stereocenters. The normalized spacial score (nSPS) is 17.9. The molecule has 2 aromatic rings. The van der Waals surface area contributed by atoms with E-state index >= 15 is 0 Å². The first kappa shape index (κ1) is 19.7. The van der Waals surface area contributed by atoms with E-state index in [1.807, 2.05) is 13.0 Å². The first-order chi connectivity index (χ1) is 14.1. The Morgan fingerprint density at radius 1 is 1.00 bits per heavy atom. The second-order valence-corrected chi connectivity index (χ2v) is 7.88. The number of rotatable bonds is 6. The number of hydrogen-bond donors (Lipinski definition) is 1. The average molecular weight is 396 g/mol. The molecule has 2 aliphatic heterocycles. The van der Waals surface area contributed by atoms with E-state index in [1.165, 1.54) is 11.1 Å². The highest BCUT2D eigenvalue weighted by Crippen LogP contribution is 2.32. The van der Waals surface area contributed by atoms with E-state index in [0.717, 1.165) is 49.8 Å². The van der Waals surface area contributed by atoms with Gasteiger partial charge >= 0.3 is 0 Å². The average Bonchev–Trinajstić information content (AvgIpc) is 3.21. The molecule has 1 atom stereocenters. The molecule has 1 fully saturated rings. The Morgan fingerprint density at radius 3 is 2.45 bits per heavy atom. The third-order valence-corrected chi connectivity index (χ3v) is 5.76. The molecule has 2 heterocycles. The van der Waals surface area contributed by atoms with Crippen molar-refractivity contribution >= 4 is 5.91 Å². The predicted molar refractivity (Wildman–Crippen MR) is 112 cm³/mol. The molecule has 1 amide bonds. The molecule has 1 N–H and O–H groups in total. The molecule has 2 aromatic carbocycles. The topological polar surface area (TPSA) is 54.0 Å². The first-order valence-electron chi connectivity index (χ1n) is 10.3. The second kappa shape index (κ2) is 8.84. The Balaban J connectivity index is 1.23. The minimum Gasteiger partial charge on any atom is -0.454 e. The highest BCUT2D eigenvalue weighted by molar-refractivity contribution is 5.81.